The Morgan fingerprint density at radius 3 is 2.82 bits per heavy atom. The van der Waals surface area contributed by atoms with Gasteiger partial charge in [-0.1, -0.05) is 6.92 Å². The van der Waals surface area contributed by atoms with Gasteiger partial charge in [-0.25, -0.2) is 0 Å². The van der Waals surface area contributed by atoms with Crippen LogP contribution in [0, 0.1) is 12.8 Å². The normalized spacial score (nSPS) is 17.4. The van der Waals surface area contributed by atoms with Crippen molar-refractivity contribution in [2.24, 2.45) is 5.92 Å². The molecule has 1 fully saturated rings. The van der Waals surface area contributed by atoms with E-state index in [1.807, 2.05) is 11.3 Å². The van der Waals surface area contributed by atoms with Gasteiger partial charge in [0.2, 0.25) is 0 Å². The van der Waals surface area contributed by atoms with Gasteiger partial charge in [-0.3, -0.25) is 0 Å². The lowest BCUT2D eigenvalue weighted by atomic mass is 10.0. The summed E-state index contributed by atoms with van der Waals surface area (Å²) in [7, 11) is 0. The highest BCUT2D eigenvalue weighted by atomic mass is 79.9. The summed E-state index contributed by atoms with van der Waals surface area (Å²) in [5.74, 6) is 0.836. The van der Waals surface area contributed by atoms with E-state index >= 15 is 0 Å². The third-order valence-corrected chi connectivity index (χ3v) is 5.64. The topological polar surface area (TPSA) is 12.0 Å². The lowest BCUT2D eigenvalue weighted by molar-refractivity contribution is 0.470. The summed E-state index contributed by atoms with van der Waals surface area (Å²) in [5.41, 5.74) is 1.38. The Hall–Kier alpha value is 0.140. The Labute approximate surface area is 117 Å². The zero-order chi connectivity index (χ0) is 12.3. The Balaban J connectivity index is 1.62. The van der Waals surface area contributed by atoms with E-state index in [1.54, 1.807) is 0 Å². The average Bonchev–Trinajstić information content (AvgIpc) is 3.04. The number of aryl methyl sites for hydroxylation is 2. The number of halogens is 1. The molecule has 0 radical (unpaired) electrons. The van der Waals surface area contributed by atoms with Crippen LogP contribution in [0.4, 0.5) is 0 Å². The Morgan fingerprint density at radius 2 is 2.24 bits per heavy atom. The third kappa shape index (κ3) is 4.72. The van der Waals surface area contributed by atoms with Gasteiger partial charge in [-0.05, 0) is 79.1 Å². The van der Waals surface area contributed by atoms with Crippen LogP contribution in [0.5, 0.6) is 0 Å². The first-order valence-electron chi connectivity index (χ1n) is 6.63. The molecule has 1 nitrogen and oxygen atoms in total. The first-order chi connectivity index (χ1) is 8.15. The average molecular weight is 316 g/mol. The van der Waals surface area contributed by atoms with Gasteiger partial charge in [0.15, 0.2) is 0 Å². The molecule has 0 bridgehead atoms. The third-order valence-electron chi connectivity index (χ3n) is 3.44. The molecule has 96 valence electrons. The second-order valence-electron chi connectivity index (χ2n) is 5.33. The van der Waals surface area contributed by atoms with E-state index in [2.05, 4.69) is 41.2 Å². The van der Waals surface area contributed by atoms with Crippen LogP contribution in [-0.4, -0.2) is 12.6 Å². The highest BCUT2D eigenvalue weighted by Gasteiger charge is 2.19. The van der Waals surface area contributed by atoms with E-state index in [-0.39, 0.29) is 0 Å². The van der Waals surface area contributed by atoms with E-state index in [1.165, 1.54) is 52.9 Å². The minimum absolute atomic E-state index is 0.836. The maximum absolute atomic E-state index is 3.60. The molecule has 1 aliphatic carbocycles. The molecular formula is C14H22BrNS. The van der Waals surface area contributed by atoms with Crippen LogP contribution in [0.1, 0.15) is 43.0 Å². The molecule has 2 rings (SSSR count). The van der Waals surface area contributed by atoms with Crippen LogP contribution < -0.4 is 5.32 Å². The molecule has 3 heteroatoms. The summed E-state index contributed by atoms with van der Waals surface area (Å²) in [5, 5.41) is 3.59. The number of rotatable bonds is 7. The van der Waals surface area contributed by atoms with Crippen molar-refractivity contribution in [3.8, 4) is 0 Å². The predicted molar refractivity (Wildman–Crippen MR) is 79.9 cm³/mol. The quantitative estimate of drug-likeness (QED) is 0.779. The van der Waals surface area contributed by atoms with Crippen LogP contribution in [0.15, 0.2) is 9.85 Å². The van der Waals surface area contributed by atoms with Crippen molar-refractivity contribution in [3.05, 3.63) is 20.3 Å². The molecule has 0 amide bonds. The van der Waals surface area contributed by atoms with E-state index in [0.29, 0.717) is 0 Å². The van der Waals surface area contributed by atoms with Gasteiger partial charge in [0.1, 0.15) is 0 Å². The minimum atomic E-state index is 0.836. The molecular weight excluding hydrogens is 294 g/mol. The van der Waals surface area contributed by atoms with Gasteiger partial charge in [-0.2, -0.15) is 0 Å². The largest absolute Gasteiger partial charge is 0.314 e. The molecule has 1 saturated carbocycles. The molecule has 0 spiro atoms. The fourth-order valence-corrected chi connectivity index (χ4v) is 3.64. The van der Waals surface area contributed by atoms with Gasteiger partial charge in [0.25, 0.3) is 0 Å². The Kier molecular flexibility index (Phi) is 5.07. The molecule has 0 aromatic carbocycles. The SMILES string of the molecule is Cc1cc(CCC(C)CCNC2CC2)sc1Br. The van der Waals surface area contributed by atoms with Crippen LogP contribution in [0.3, 0.4) is 0 Å². The fraction of sp³-hybridized carbons (Fsp3) is 0.714. The highest BCUT2D eigenvalue weighted by Crippen LogP contribution is 2.29. The summed E-state index contributed by atoms with van der Waals surface area (Å²) >= 11 is 5.49. The molecule has 1 heterocycles. The van der Waals surface area contributed by atoms with Gasteiger partial charge in [0.05, 0.1) is 3.79 Å². The zero-order valence-electron chi connectivity index (χ0n) is 10.8. The van der Waals surface area contributed by atoms with Gasteiger partial charge >= 0.3 is 0 Å². The van der Waals surface area contributed by atoms with E-state index in [0.717, 1.165) is 12.0 Å². The summed E-state index contributed by atoms with van der Waals surface area (Å²) in [6, 6.07) is 3.18. The van der Waals surface area contributed by atoms with Crippen LogP contribution >= 0.6 is 27.3 Å². The van der Waals surface area contributed by atoms with Gasteiger partial charge in [0, 0.05) is 10.9 Å². The second-order valence-corrected chi connectivity index (χ2v) is 7.78. The summed E-state index contributed by atoms with van der Waals surface area (Å²) in [6.07, 6.45) is 6.68. The van der Waals surface area contributed by atoms with Gasteiger partial charge < -0.3 is 5.32 Å². The smallest absolute Gasteiger partial charge is 0.0730 e. The van der Waals surface area contributed by atoms with Crippen molar-refractivity contribution in [3.63, 3.8) is 0 Å². The molecule has 1 aromatic rings. The van der Waals surface area contributed by atoms with Crippen LogP contribution in [-0.2, 0) is 6.42 Å². The molecule has 1 atom stereocenters. The first-order valence-corrected chi connectivity index (χ1v) is 8.24. The molecule has 0 aliphatic heterocycles. The van der Waals surface area contributed by atoms with E-state index in [4.69, 9.17) is 0 Å². The Morgan fingerprint density at radius 1 is 1.47 bits per heavy atom. The lowest BCUT2D eigenvalue weighted by Crippen LogP contribution is -2.19. The number of nitrogens with one attached hydrogen (secondary N) is 1. The molecule has 17 heavy (non-hydrogen) atoms. The number of hydrogen-bond acceptors (Lipinski definition) is 2. The second kappa shape index (κ2) is 6.35. The lowest BCUT2D eigenvalue weighted by Gasteiger charge is -2.10. The maximum Gasteiger partial charge on any atom is 0.0730 e. The molecule has 0 saturated heterocycles. The number of thiophene rings is 1. The fourth-order valence-electron chi connectivity index (χ4n) is 2.00. The van der Waals surface area contributed by atoms with Crippen molar-refractivity contribution in [1.29, 1.82) is 0 Å². The minimum Gasteiger partial charge on any atom is -0.314 e. The maximum atomic E-state index is 3.60. The predicted octanol–water partition coefficient (Wildman–Crippen LogP) is 4.53. The van der Waals surface area contributed by atoms with Crippen LogP contribution in [0.2, 0.25) is 0 Å². The monoisotopic (exact) mass is 315 g/mol. The zero-order valence-corrected chi connectivity index (χ0v) is 13.2. The van der Waals surface area contributed by atoms with Crippen molar-refractivity contribution in [2.75, 3.05) is 6.54 Å². The summed E-state index contributed by atoms with van der Waals surface area (Å²) < 4.78 is 1.30. The highest BCUT2D eigenvalue weighted by molar-refractivity contribution is 9.11. The molecule has 1 aromatic heterocycles. The van der Waals surface area contributed by atoms with Gasteiger partial charge in [-0.15, -0.1) is 11.3 Å². The summed E-state index contributed by atoms with van der Waals surface area (Å²) in [4.78, 5) is 1.52. The molecule has 1 aliphatic rings. The first kappa shape index (κ1) is 13.6. The van der Waals surface area contributed by atoms with Crippen molar-refractivity contribution in [2.45, 2.75) is 52.0 Å². The Bertz CT molecular complexity index is 338. The van der Waals surface area contributed by atoms with Crippen molar-refractivity contribution >= 4 is 27.3 Å². The number of hydrogen-bond donors (Lipinski definition) is 1. The molecule has 1 unspecified atom stereocenters. The summed E-state index contributed by atoms with van der Waals surface area (Å²) in [6.45, 7) is 5.76. The van der Waals surface area contributed by atoms with Crippen LogP contribution in [0.25, 0.3) is 0 Å². The van der Waals surface area contributed by atoms with E-state index < -0.39 is 0 Å². The van der Waals surface area contributed by atoms with Crippen molar-refractivity contribution < 1.29 is 0 Å². The van der Waals surface area contributed by atoms with E-state index in [9.17, 15) is 0 Å². The van der Waals surface area contributed by atoms with Crippen molar-refractivity contribution in [1.82, 2.24) is 5.32 Å². The molecule has 1 N–H and O–H groups in total. The standard InChI is InChI=1S/C14H22BrNS/c1-10(7-8-16-12-4-5-12)3-6-13-9-11(2)14(15)17-13/h9-10,12,16H,3-8H2,1-2H3.